The first-order valence-electron chi connectivity index (χ1n) is 14.6. The maximum absolute atomic E-state index is 2.35. The van der Waals surface area contributed by atoms with Crippen molar-refractivity contribution in [3.63, 3.8) is 0 Å². The van der Waals surface area contributed by atoms with Crippen molar-refractivity contribution < 1.29 is 33.8 Å². The Morgan fingerprint density at radius 1 is 0.400 bits per heavy atom. The van der Waals surface area contributed by atoms with E-state index in [0.717, 1.165) is 26.2 Å². The molecular formula is C36H42Cl2N2. The number of hydrogen-bond acceptors (Lipinski definition) is 0. The molecule has 2 atom stereocenters. The van der Waals surface area contributed by atoms with Crippen molar-refractivity contribution in [1.29, 1.82) is 0 Å². The Balaban J connectivity index is 0.00000185. The lowest BCUT2D eigenvalue weighted by Gasteiger charge is -2.60. The molecule has 1 saturated carbocycles. The Morgan fingerprint density at radius 2 is 0.650 bits per heavy atom. The molecule has 6 rings (SSSR count). The summed E-state index contributed by atoms with van der Waals surface area (Å²) in [6.45, 7) is 6.98. The fourth-order valence-corrected chi connectivity index (χ4v) is 7.78. The zero-order chi connectivity index (χ0) is 25.7. The van der Waals surface area contributed by atoms with Crippen LogP contribution in [0.15, 0.2) is 121 Å². The van der Waals surface area contributed by atoms with E-state index in [2.05, 4.69) is 121 Å². The molecule has 0 bridgehead atoms. The molecule has 40 heavy (non-hydrogen) atoms. The van der Waals surface area contributed by atoms with E-state index in [1.165, 1.54) is 70.0 Å². The van der Waals surface area contributed by atoms with Crippen molar-refractivity contribution in [2.75, 3.05) is 13.1 Å². The summed E-state index contributed by atoms with van der Waals surface area (Å²) in [6.07, 6.45) is 5.41. The SMILES string of the molecule is [Cl-].[Cl-].c1ccc(C[N+]2(Cc3ccccc3)CC[N+](Cc3ccccc3)(Cc3ccccc3)[C@@H]3CCCC[C@H]32)cc1. The molecule has 4 aromatic rings. The van der Waals surface area contributed by atoms with Crippen LogP contribution < -0.4 is 24.8 Å². The van der Waals surface area contributed by atoms with Crippen molar-refractivity contribution in [1.82, 2.24) is 0 Å². The molecule has 2 aliphatic rings. The van der Waals surface area contributed by atoms with E-state index in [-0.39, 0.29) is 24.8 Å². The van der Waals surface area contributed by atoms with Gasteiger partial charge >= 0.3 is 0 Å². The van der Waals surface area contributed by atoms with Crippen LogP contribution in [0.4, 0.5) is 0 Å². The van der Waals surface area contributed by atoms with Crippen molar-refractivity contribution in [2.24, 2.45) is 0 Å². The fourth-order valence-electron chi connectivity index (χ4n) is 7.78. The first-order valence-corrected chi connectivity index (χ1v) is 14.6. The van der Waals surface area contributed by atoms with Crippen LogP contribution in [-0.2, 0) is 26.2 Å². The first-order chi connectivity index (χ1) is 18.7. The molecule has 2 fully saturated rings. The molecule has 1 heterocycles. The summed E-state index contributed by atoms with van der Waals surface area (Å²) in [7, 11) is 0. The van der Waals surface area contributed by atoms with Gasteiger partial charge in [-0.2, -0.15) is 0 Å². The summed E-state index contributed by atoms with van der Waals surface area (Å²) >= 11 is 0. The van der Waals surface area contributed by atoms with Gasteiger partial charge in [0.1, 0.15) is 51.4 Å². The lowest BCUT2D eigenvalue weighted by atomic mass is 9.80. The predicted molar refractivity (Wildman–Crippen MR) is 157 cm³/mol. The highest BCUT2D eigenvalue weighted by Crippen LogP contribution is 2.44. The van der Waals surface area contributed by atoms with Gasteiger partial charge in [0.25, 0.3) is 0 Å². The number of rotatable bonds is 8. The highest BCUT2D eigenvalue weighted by atomic mass is 35.5. The lowest BCUT2D eigenvalue weighted by molar-refractivity contribution is -1.09. The number of quaternary nitrogens is 2. The molecule has 210 valence electrons. The Bertz CT molecular complexity index is 1100. The standard InChI is InChI=1S/C36H42N2.2ClH/c1-5-15-31(16-6-1)27-37(28-32-17-7-2-8-18-32)25-26-38(29-33-19-9-3-10-20-33,30-34-21-11-4-12-22-34)36-24-14-13-23-35(36)37;;/h1-12,15-22,35-36H,13-14,23-30H2;2*1H/q+2;;/p-2/t35-,36-;;/m1../s1. The normalized spacial score (nSPS) is 20.8. The number of fused-ring (bicyclic) bond motifs is 1. The molecule has 0 spiro atoms. The largest absolute Gasteiger partial charge is 1.00 e. The maximum atomic E-state index is 2.35. The molecular weight excluding hydrogens is 531 g/mol. The summed E-state index contributed by atoms with van der Waals surface area (Å²) in [5.74, 6) is 0. The van der Waals surface area contributed by atoms with Gasteiger partial charge in [-0.1, -0.05) is 121 Å². The molecule has 4 heteroatoms. The molecule has 1 aliphatic heterocycles. The van der Waals surface area contributed by atoms with Crippen LogP contribution >= 0.6 is 0 Å². The molecule has 0 unspecified atom stereocenters. The highest BCUT2D eigenvalue weighted by Gasteiger charge is 2.57. The molecule has 1 saturated heterocycles. The predicted octanol–water partition coefficient (Wildman–Crippen LogP) is 1.75. The molecule has 0 amide bonds. The van der Waals surface area contributed by atoms with Crippen LogP contribution in [0.25, 0.3) is 0 Å². The van der Waals surface area contributed by atoms with Gasteiger partial charge in [-0.05, 0) is 12.8 Å². The number of hydrogen-bond donors (Lipinski definition) is 0. The molecule has 4 aromatic carbocycles. The Hall–Kier alpha value is -2.62. The smallest absolute Gasteiger partial charge is 0.142 e. The minimum Gasteiger partial charge on any atom is -1.00 e. The minimum absolute atomic E-state index is 0. The second kappa shape index (κ2) is 13.8. The fraction of sp³-hybridized carbons (Fsp3) is 0.333. The highest BCUT2D eigenvalue weighted by molar-refractivity contribution is 5.18. The lowest BCUT2D eigenvalue weighted by Crippen LogP contribution is -3.00. The second-order valence-electron chi connectivity index (χ2n) is 11.9. The molecule has 1 aliphatic carbocycles. The molecule has 0 N–H and O–H groups in total. The number of halogens is 2. The summed E-state index contributed by atoms with van der Waals surface area (Å²) < 4.78 is 2.39. The summed E-state index contributed by atoms with van der Waals surface area (Å²) in [5.41, 5.74) is 5.94. The maximum Gasteiger partial charge on any atom is 0.142 e. The van der Waals surface area contributed by atoms with E-state index in [0.29, 0.717) is 12.1 Å². The Morgan fingerprint density at radius 3 is 0.900 bits per heavy atom. The molecule has 0 aromatic heterocycles. The van der Waals surface area contributed by atoms with Gasteiger partial charge in [0.15, 0.2) is 0 Å². The van der Waals surface area contributed by atoms with E-state index in [4.69, 9.17) is 0 Å². The zero-order valence-electron chi connectivity index (χ0n) is 23.4. The van der Waals surface area contributed by atoms with Crippen LogP contribution in [0.2, 0.25) is 0 Å². The van der Waals surface area contributed by atoms with Crippen molar-refractivity contribution in [3.8, 4) is 0 Å². The summed E-state index contributed by atoms with van der Waals surface area (Å²) in [4.78, 5) is 0. The average Bonchev–Trinajstić information content (AvgIpc) is 2.98. The zero-order valence-corrected chi connectivity index (χ0v) is 24.9. The van der Waals surface area contributed by atoms with Crippen molar-refractivity contribution in [3.05, 3.63) is 144 Å². The average molecular weight is 574 g/mol. The van der Waals surface area contributed by atoms with Crippen molar-refractivity contribution >= 4 is 0 Å². The van der Waals surface area contributed by atoms with E-state index >= 15 is 0 Å². The summed E-state index contributed by atoms with van der Waals surface area (Å²) in [6, 6.07) is 46.6. The van der Waals surface area contributed by atoms with Gasteiger partial charge < -0.3 is 33.8 Å². The third-order valence-corrected chi connectivity index (χ3v) is 9.45. The van der Waals surface area contributed by atoms with Gasteiger partial charge in [-0.3, -0.25) is 0 Å². The van der Waals surface area contributed by atoms with E-state index in [1.54, 1.807) is 0 Å². The van der Waals surface area contributed by atoms with Crippen molar-refractivity contribution in [2.45, 2.75) is 63.9 Å². The first kappa shape index (κ1) is 30.3. The minimum atomic E-state index is 0. The molecule has 2 nitrogen and oxygen atoms in total. The Kier molecular flexibility index (Phi) is 10.5. The van der Waals surface area contributed by atoms with Gasteiger partial charge in [-0.15, -0.1) is 0 Å². The van der Waals surface area contributed by atoms with Gasteiger partial charge in [0.2, 0.25) is 0 Å². The third-order valence-electron chi connectivity index (χ3n) is 9.45. The number of piperazine rings is 1. The van der Waals surface area contributed by atoms with E-state index in [9.17, 15) is 0 Å². The van der Waals surface area contributed by atoms with Gasteiger partial charge in [0.05, 0.1) is 0 Å². The van der Waals surface area contributed by atoms with Crippen LogP contribution in [0.1, 0.15) is 47.9 Å². The van der Waals surface area contributed by atoms with Gasteiger partial charge in [-0.25, -0.2) is 0 Å². The quantitative estimate of drug-likeness (QED) is 0.282. The topological polar surface area (TPSA) is 0 Å². The van der Waals surface area contributed by atoms with Crippen LogP contribution in [-0.4, -0.2) is 34.1 Å². The second-order valence-corrected chi connectivity index (χ2v) is 11.9. The number of benzene rings is 4. The summed E-state index contributed by atoms with van der Waals surface area (Å²) in [5, 5.41) is 0. The monoisotopic (exact) mass is 572 g/mol. The van der Waals surface area contributed by atoms with E-state index < -0.39 is 0 Å². The van der Waals surface area contributed by atoms with Crippen LogP contribution in [0.5, 0.6) is 0 Å². The number of nitrogens with zero attached hydrogens (tertiary/aromatic N) is 2. The third kappa shape index (κ3) is 6.64. The molecule has 0 radical (unpaired) electrons. The Labute approximate surface area is 253 Å². The van der Waals surface area contributed by atoms with E-state index in [1.807, 2.05) is 0 Å². The van der Waals surface area contributed by atoms with Gasteiger partial charge in [0, 0.05) is 35.1 Å². The van der Waals surface area contributed by atoms with Crippen LogP contribution in [0.3, 0.4) is 0 Å². The van der Waals surface area contributed by atoms with Crippen LogP contribution in [0, 0.1) is 0 Å².